The van der Waals surface area contributed by atoms with Gasteiger partial charge in [-0.2, -0.15) is 0 Å². The Balaban J connectivity index is 3.89. The first kappa shape index (κ1) is 7.67. The van der Waals surface area contributed by atoms with Crippen molar-refractivity contribution in [1.29, 1.82) is 0 Å². The summed E-state index contributed by atoms with van der Waals surface area (Å²) >= 11 is 0. The molecule has 0 saturated carbocycles. The van der Waals surface area contributed by atoms with E-state index in [1.54, 1.807) is 0 Å². The molecule has 0 aliphatic heterocycles. The van der Waals surface area contributed by atoms with Crippen LogP contribution in [0, 0.1) is 5.37 Å². The summed E-state index contributed by atoms with van der Waals surface area (Å²) in [6.45, 7) is -0.376. The average molecular weight is 168 g/mol. The second-order valence-corrected chi connectivity index (χ2v) is 8.21. The van der Waals surface area contributed by atoms with E-state index in [4.69, 9.17) is 0 Å². The van der Waals surface area contributed by atoms with Gasteiger partial charge in [-0.3, -0.25) is 0 Å². The molecule has 30 valence electrons. The molecule has 0 bridgehead atoms. The predicted octanol–water partition coefficient (Wildman–Crippen LogP) is 4.04. The predicted molar refractivity (Wildman–Crippen MR) is 39.9 cm³/mol. The Labute approximate surface area is 45.4 Å². The molecule has 2 atom stereocenters. The molecule has 0 saturated heterocycles. The first-order valence-corrected chi connectivity index (χ1v) is 7.17. The Morgan fingerprint density at radius 1 is 1.67 bits per heavy atom. The first-order valence-electron chi connectivity index (χ1n) is 1.09. The van der Waals surface area contributed by atoms with Gasteiger partial charge in [0.1, 0.15) is 0 Å². The van der Waals surface area contributed by atoms with Gasteiger partial charge in [0.25, 0.3) is 0 Å². The van der Waals surface area contributed by atoms with Crippen LogP contribution in [0.25, 0.3) is 0 Å². The van der Waals surface area contributed by atoms with Gasteiger partial charge >= 0.3 is 44.8 Å². The molecule has 0 spiro atoms. The van der Waals surface area contributed by atoms with Gasteiger partial charge in [0.15, 0.2) is 0 Å². The zero-order valence-corrected chi connectivity index (χ0v) is 7.37. The van der Waals surface area contributed by atoms with Gasteiger partial charge in [-0.1, -0.05) is 0 Å². The zero-order valence-electron chi connectivity index (χ0n) is 2.79. The van der Waals surface area contributed by atoms with Gasteiger partial charge in [0.2, 0.25) is 0 Å². The second-order valence-electron chi connectivity index (χ2n) is 0.512. The van der Waals surface area contributed by atoms with Crippen molar-refractivity contribution in [2.75, 3.05) is 0 Å². The van der Waals surface area contributed by atoms with Crippen LogP contribution >= 0.6 is 39.5 Å². The molecule has 5 heteroatoms. The summed E-state index contributed by atoms with van der Waals surface area (Å²) in [4.78, 5) is 0. The fourth-order valence-corrected chi connectivity index (χ4v) is 1.81. The Bertz CT molecular complexity index is 149. The maximum absolute atomic E-state index is 4.04. The van der Waals surface area contributed by atoms with Gasteiger partial charge in [-0.15, -0.1) is 0 Å². The van der Waals surface area contributed by atoms with E-state index in [0.717, 1.165) is 0 Å². The van der Waals surface area contributed by atoms with Gasteiger partial charge in [-0.25, -0.2) is 0 Å². The quantitative estimate of drug-likeness (QED) is 0.478. The van der Waals surface area contributed by atoms with E-state index in [2.05, 4.69) is 30.7 Å². The Morgan fingerprint density at radius 2 is 2.17 bits per heavy atom. The van der Waals surface area contributed by atoms with Crippen molar-refractivity contribution in [1.82, 2.24) is 0 Å². The molecular weight excluding hydrogens is 167 g/mol. The van der Waals surface area contributed by atoms with Crippen molar-refractivity contribution in [3.05, 3.63) is 0 Å². The molecule has 0 nitrogen and oxygen atoms in total. The van der Waals surface area contributed by atoms with Crippen LogP contribution < -0.4 is 0 Å². The average Bonchev–Trinajstić information content (AvgIpc) is 1.65. The molecule has 0 N–H and O–H groups in total. The molecular formula is CHP5. The normalized spacial score (nSPS) is 9.83. The summed E-state index contributed by atoms with van der Waals surface area (Å²) in [6.07, 6.45) is 0. The topological polar surface area (TPSA) is 0 Å². The molecule has 0 aromatic rings. The van der Waals surface area contributed by atoms with Crippen molar-refractivity contribution in [3.63, 3.8) is 0 Å². The minimum atomic E-state index is -0.376. The summed E-state index contributed by atoms with van der Waals surface area (Å²) in [5.41, 5.74) is 0. The first-order chi connectivity index (χ1) is 2.81. The standard InChI is InChI=1S/CHP5/c2-1-6(4)5-3/h5H. The van der Waals surface area contributed by atoms with Crippen LogP contribution in [0.2, 0.25) is 0 Å². The zero-order chi connectivity index (χ0) is 4.99. The van der Waals surface area contributed by atoms with Crippen LogP contribution in [-0.4, -0.2) is 0 Å². The fraction of sp³-hybridized carbons (Fsp3) is 0. The Hall–Kier alpha value is 1.67. The molecule has 0 aliphatic rings. The van der Waals surface area contributed by atoms with Crippen molar-refractivity contribution in [2.24, 2.45) is 0 Å². The van der Waals surface area contributed by atoms with Gasteiger partial charge < -0.3 is 0 Å². The molecule has 0 amide bonds. The van der Waals surface area contributed by atoms with E-state index in [9.17, 15) is 0 Å². The number of hydrogen-bond donors (Lipinski definition) is 0. The van der Waals surface area contributed by atoms with Crippen LogP contribution in [0.3, 0.4) is 0 Å². The number of hydrogen-bond acceptors (Lipinski definition) is 0. The third kappa shape index (κ3) is 3.85. The van der Waals surface area contributed by atoms with E-state index < -0.39 is 0 Å². The van der Waals surface area contributed by atoms with Crippen LogP contribution in [0.4, 0.5) is 0 Å². The minimum absolute atomic E-state index is 0.376. The fourth-order valence-electron chi connectivity index (χ4n) is 0.0224. The molecule has 0 rings (SSSR count). The van der Waals surface area contributed by atoms with E-state index in [-0.39, 0.29) is 6.71 Å². The molecule has 0 aromatic heterocycles. The van der Waals surface area contributed by atoms with Crippen LogP contribution in [0.15, 0.2) is 0 Å². The van der Waals surface area contributed by atoms with Gasteiger partial charge in [-0.05, 0) is 0 Å². The SMILES string of the molecule is P#CP(#P)[PH]#P. The van der Waals surface area contributed by atoms with E-state index in [1.807, 2.05) is 0 Å². The summed E-state index contributed by atoms with van der Waals surface area (Å²) in [7, 11) is 12.3. The summed E-state index contributed by atoms with van der Waals surface area (Å²) in [5.74, 6) is 0. The summed E-state index contributed by atoms with van der Waals surface area (Å²) in [6, 6.07) is 0. The summed E-state index contributed by atoms with van der Waals surface area (Å²) < 4.78 is 0. The molecule has 6 heavy (non-hydrogen) atoms. The van der Waals surface area contributed by atoms with E-state index in [0.29, 0.717) is 7.37 Å². The molecule has 0 aliphatic carbocycles. The van der Waals surface area contributed by atoms with Crippen molar-refractivity contribution in [3.8, 4) is 5.37 Å². The molecule has 0 aromatic carbocycles. The van der Waals surface area contributed by atoms with Crippen LogP contribution in [-0.2, 0) is 0 Å². The molecule has 2 unspecified atom stereocenters. The third-order valence-corrected chi connectivity index (χ3v) is 7.53. The monoisotopic (exact) mass is 168 g/mol. The van der Waals surface area contributed by atoms with Crippen molar-refractivity contribution < 1.29 is 0 Å². The van der Waals surface area contributed by atoms with E-state index in [1.165, 1.54) is 0 Å². The van der Waals surface area contributed by atoms with Crippen LogP contribution in [0.5, 0.6) is 0 Å². The van der Waals surface area contributed by atoms with Crippen molar-refractivity contribution in [2.45, 2.75) is 0 Å². The van der Waals surface area contributed by atoms with Crippen LogP contribution in [0.1, 0.15) is 0 Å². The Kier molecular flexibility index (Phi) is 6.16. The third-order valence-electron chi connectivity index (χ3n) is 0.189. The maximum atomic E-state index is 4.04. The number of rotatable bonds is 0. The Morgan fingerprint density at radius 3 is 2.17 bits per heavy atom. The molecule has 0 fully saturated rings. The summed E-state index contributed by atoms with van der Waals surface area (Å²) in [5, 5.41) is 2.67. The van der Waals surface area contributed by atoms with Gasteiger partial charge in [0.05, 0.1) is 0 Å². The van der Waals surface area contributed by atoms with E-state index >= 15 is 0 Å². The van der Waals surface area contributed by atoms with Crippen molar-refractivity contribution >= 4 is 39.5 Å². The van der Waals surface area contributed by atoms with Gasteiger partial charge in [0, 0.05) is 0 Å². The molecule has 0 heterocycles. The second kappa shape index (κ2) is 4.82. The molecule has 0 radical (unpaired) electrons.